The average molecular weight is 707 g/mol. The Morgan fingerprint density at radius 3 is 1.55 bits per heavy atom. The van der Waals surface area contributed by atoms with E-state index in [9.17, 15) is 9.90 Å². The van der Waals surface area contributed by atoms with E-state index in [-0.39, 0.29) is 40.5 Å². The van der Waals surface area contributed by atoms with Gasteiger partial charge in [0, 0.05) is 0 Å². The van der Waals surface area contributed by atoms with E-state index in [2.05, 4.69) is 9.80 Å². The van der Waals surface area contributed by atoms with Crippen LogP contribution in [0, 0.1) is 0 Å². The molecule has 0 amide bonds. The van der Waals surface area contributed by atoms with Gasteiger partial charge >= 0.3 is 269 Å². The van der Waals surface area contributed by atoms with Crippen molar-refractivity contribution in [1.29, 1.82) is 0 Å². The van der Waals surface area contributed by atoms with Gasteiger partial charge in [-0.15, -0.1) is 0 Å². The molecule has 1 aliphatic rings. The molecule has 2 heterocycles. The molecule has 4 aromatic carbocycles. The number of hydrogen-bond donors (Lipinski definition) is 1. The third-order valence-corrected chi connectivity index (χ3v) is 12.7. The molecule has 6 aromatic rings. The number of Topliss-reactive ketones (excluding diaryl/α,β-unsaturated/α-hetero) is 1. The van der Waals surface area contributed by atoms with Crippen molar-refractivity contribution in [1.82, 2.24) is 9.97 Å². The molecule has 0 bridgehead atoms. The van der Waals surface area contributed by atoms with Crippen LogP contribution in [0.1, 0.15) is 14.8 Å². The maximum absolute atomic E-state index is 14.2. The Bertz CT molecular complexity index is 1970. The molecule has 0 saturated heterocycles. The molecule has 0 aliphatic heterocycles. The monoisotopic (exact) mass is 708 g/mol. The van der Waals surface area contributed by atoms with E-state index in [1.807, 2.05) is 135 Å². The van der Waals surface area contributed by atoms with Gasteiger partial charge in [0.05, 0.1) is 0 Å². The molecular formula is C36H28N4O2Se2. The zero-order chi connectivity index (χ0) is 30.2. The van der Waals surface area contributed by atoms with Crippen LogP contribution >= 0.6 is 0 Å². The van der Waals surface area contributed by atoms with E-state index in [0.717, 1.165) is 52.1 Å². The first kappa shape index (κ1) is 28.3. The topological polar surface area (TPSA) is 69.6 Å². The fourth-order valence-electron chi connectivity index (χ4n) is 5.33. The number of ketones is 1. The van der Waals surface area contributed by atoms with Gasteiger partial charge in [0.15, 0.2) is 0 Å². The van der Waals surface area contributed by atoms with Crippen LogP contribution in [-0.4, -0.2) is 64.0 Å². The number of carbonyl (C=O) groups is 1. The number of hydrogen-bond acceptors (Lipinski definition) is 6. The van der Waals surface area contributed by atoms with Crippen LogP contribution in [0.3, 0.4) is 0 Å². The summed E-state index contributed by atoms with van der Waals surface area (Å²) in [5, 5.41) is 11.8. The van der Waals surface area contributed by atoms with Crippen LogP contribution in [0.5, 0.6) is 0 Å². The summed E-state index contributed by atoms with van der Waals surface area (Å²) in [6.07, 6.45) is 0. The van der Waals surface area contributed by atoms with Crippen LogP contribution < -0.4 is 9.80 Å². The predicted octanol–water partition coefficient (Wildman–Crippen LogP) is 7.10. The summed E-state index contributed by atoms with van der Waals surface area (Å²) in [6.45, 7) is 0. The first-order chi connectivity index (χ1) is 21.5. The van der Waals surface area contributed by atoms with E-state index < -0.39 is 5.92 Å². The molecule has 6 nitrogen and oxygen atoms in total. The molecule has 8 heteroatoms. The normalized spacial score (nSPS) is 14.4. The Morgan fingerprint density at radius 2 is 1.05 bits per heavy atom. The number of para-hydroxylation sites is 2. The van der Waals surface area contributed by atoms with Gasteiger partial charge in [0.25, 0.3) is 0 Å². The fraction of sp³-hybridized carbons (Fsp3) is 0.0833. The van der Waals surface area contributed by atoms with Crippen molar-refractivity contribution in [3.05, 3.63) is 136 Å². The molecule has 2 aromatic heterocycles. The van der Waals surface area contributed by atoms with E-state index in [1.165, 1.54) is 0 Å². The van der Waals surface area contributed by atoms with Crippen molar-refractivity contribution in [2.45, 2.75) is 5.92 Å². The fourth-order valence-corrected chi connectivity index (χ4v) is 10.2. The summed E-state index contributed by atoms with van der Waals surface area (Å²) in [6, 6.07) is 40.1. The Hall–Kier alpha value is -4.45. The van der Waals surface area contributed by atoms with Gasteiger partial charge in [-0.2, -0.15) is 0 Å². The summed E-state index contributed by atoms with van der Waals surface area (Å²) in [7, 11) is 4.01. The second-order valence-corrected chi connectivity index (χ2v) is 14.6. The van der Waals surface area contributed by atoms with Crippen molar-refractivity contribution in [3.63, 3.8) is 0 Å². The van der Waals surface area contributed by atoms with Gasteiger partial charge in [0.1, 0.15) is 0 Å². The van der Waals surface area contributed by atoms with Crippen LogP contribution in [0.15, 0.2) is 127 Å². The van der Waals surface area contributed by atoms with Crippen LogP contribution in [0.25, 0.3) is 28.1 Å². The Labute approximate surface area is 268 Å². The Morgan fingerprint density at radius 1 is 0.614 bits per heavy atom. The molecule has 0 spiro atoms. The molecule has 1 atom stereocenters. The quantitative estimate of drug-likeness (QED) is 0.171. The van der Waals surface area contributed by atoms with Crippen molar-refractivity contribution >= 4 is 61.1 Å². The van der Waals surface area contributed by atoms with E-state index in [1.54, 1.807) is 0 Å². The van der Waals surface area contributed by atoms with Gasteiger partial charge < -0.3 is 0 Å². The van der Waals surface area contributed by atoms with Crippen molar-refractivity contribution in [2.75, 3.05) is 23.9 Å². The Balaban J connectivity index is 1.33. The van der Waals surface area contributed by atoms with E-state index in [0.29, 0.717) is 5.57 Å². The summed E-state index contributed by atoms with van der Waals surface area (Å²) in [5.74, 6) is -0.638. The molecule has 7 rings (SSSR count). The third kappa shape index (κ3) is 5.06. The second kappa shape index (κ2) is 11.9. The summed E-state index contributed by atoms with van der Waals surface area (Å²) in [4.78, 5) is 28.5. The molecule has 216 valence electrons. The second-order valence-electron chi connectivity index (χ2n) is 10.5. The van der Waals surface area contributed by atoms with Crippen molar-refractivity contribution < 1.29 is 9.90 Å². The average Bonchev–Trinajstić information content (AvgIpc) is 3.71. The number of nitrogens with zero attached hydrogens (tertiary/aromatic N) is 4. The summed E-state index contributed by atoms with van der Waals surface area (Å²) in [5.41, 5.74) is 5.88. The molecular weight excluding hydrogens is 678 g/mol. The van der Waals surface area contributed by atoms with E-state index >= 15 is 0 Å². The van der Waals surface area contributed by atoms with Crippen molar-refractivity contribution in [3.8, 4) is 22.5 Å². The molecule has 1 N–H and O–H groups in total. The molecule has 44 heavy (non-hydrogen) atoms. The first-order valence-corrected chi connectivity index (χ1v) is 17.6. The predicted molar refractivity (Wildman–Crippen MR) is 180 cm³/mol. The molecule has 0 saturated carbocycles. The number of anilines is 4. The maximum atomic E-state index is 14.2. The van der Waals surface area contributed by atoms with Crippen LogP contribution in [-0.2, 0) is 4.79 Å². The number of aromatic nitrogens is 2. The zero-order valence-corrected chi connectivity index (χ0v) is 27.5. The van der Waals surface area contributed by atoms with Gasteiger partial charge in [-0.3, -0.25) is 0 Å². The van der Waals surface area contributed by atoms with E-state index in [4.69, 9.17) is 9.97 Å². The minimum absolute atomic E-state index is 0.0595. The molecule has 1 unspecified atom stereocenters. The molecule has 0 fully saturated rings. The van der Waals surface area contributed by atoms with Gasteiger partial charge in [-0.1, -0.05) is 0 Å². The summed E-state index contributed by atoms with van der Waals surface area (Å²) >= 11 is -0.547. The number of allylic oxidation sites excluding steroid dienone is 2. The third-order valence-electron chi connectivity index (χ3n) is 7.74. The van der Waals surface area contributed by atoms with Crippen molar-refractivity contribution in [2.24, 2.45) is 0 Å². The number of carbonyl (C=O) groups excluding carboxylic acids is 1. The van der Waals surface area contributed by atoms with Crippen LogP contribution in [0.4, 0.5) is 20.8 Å². The van der Waals surface area contributed by atoms with Crippen LogP contribution in [0.2, 0.25) is 0 Å². The molecule has 1 aliphatic carbocycles. The van der Waals surface area contributed by atoms with Gasteiger partial charge in [-0.05, 0) is 0 Å². The molecule has 0 radical (unpaired) electrons. The number of benzene rings is 4. The first-order valence-electron chi connectivity index (χ1n) is 14.2. The Kier molecular flexibility index (Phi) is 7.67. The number of aliphatic hydroxyl groups excluding tert-OH is 1. The standard InChI is InChI=1S/C36H28N4O2Se2/c1-39(25-19-11-5-12-20-25)35-37-29(23-15-7-3-8-16-23)33(43-35)27-31(41)28(32(27)42)34-30(24-17-9-4-10-18-24)38-36(44-34)40(2)26-21-13-6-14-22-26/h3-22,27,41H,1-2H3. The minimum atomic E-state index is -0.707. The number of aliphatic hydroxyl groups is 1. The number of rotatable bonds is 8. The SMILES string of the molecule is CN(c1ccccc1)c1nc(-c2ccccc2)c(C2=C(O)C(c3[se]c(N(C)c4ccccc4)nc3-c3ccccc3)C2=O)[se]1. The van der Waals surface area contributed by atoms with Gasteiger partial charge in [0.2, 0.25) is 0 Å². The van der Waals surface area contributed by atoms with Gasteiger partial charge in [-0.25, -0.2) is 0 Å². The summed E-state index contributed by atoms with van der Waals surface area (Å²) < 4.78 is 3.51. The zero-order valence-electron chi connectivity index (χ0n) is 24.1.